The first-order chi connectivity index (χ1) is 9.86. The molecule has 3 heteroatoms. The van der Waals surface area contributed by atoms with Gasteiger partial charge in [0.2, 0.25) is 0 Å². The summed E-state index contributed by atoms with van der Waals surface area (Å²) in [5.74, 6) is -0.0274. The number of carboxylic acids is 1. The van der Waals surface area contributed by atoms with Gasteiger partial charge in [0, 0.05) is 12.6 Å². The molecule has 21 heavy (non-hydrogen) atoms. The number of benzene rings is 1. The summed E-state index contributed by atoms with van der Waals surface area (Å²) >= 11 is 0. The molecule has 1 fully saturated rings. The van der Waals surface area contributed by atoms with Gasteiger partial charge in [-0.1, -0.05) is 32.9 Å². The van der Waals surface area contributed by atoms with Crippen molar-refractivity contribution in [2.45, 2.75) is 59.0 Å². The van der Waals surface area contributed by atoms with Gasteiger partial charge in [0.05, 0.1) is 5.56 Å². The minimum Gasteiger partial charge on any atom is -0.478 e. The maximum atomic E-state index is 10.8. The summed E-state index contributed by atoms with van der Waals surface area (Å²) < 4.78 is 0. The van der Waals surface area contributed by atoms with E-state index in [0.29, 0.717) is 17.0 Å². The van der Waals surface area contributed by atoms with Crippen molar-refractivity contribution >= 4 is 5.97 Å². The van der Waals surface area contributed by atoms with Crippen LogP contribution in [0.2, 0.25) is 0 Å². The maximum Gasteiger partial charge on any atom is 0.335 e. The first kappa shape index (κ1) is 16.0. The molecule has 2 rings (SSSR count). The summed E-state index contributed by atoms with van der Waals surface area (Å²) in [5, 5.41) is 12.5. The fourth-order valence-electron chi connectivity index (χ4n) is 3.19. The van der Waals surface area contributed by atoms with Crippen molar-refractivity contribution < 1.29 is 9.90 Å². The van der Waals surface area contributed by atoms with Crippen molar-refractivity contribution in [3.05, 3.63) is 35.4 Å². The van der Waals surface area contributed by atoms with E-state index < -0.39 is 5.97 Å². The zero-order valence-corrected chi connectivity index (χ0v) is 13.4. The zero-order chi connectivity index (χ0) is 15.5. The van der Waals surface area contributed by atoms with Crippen LogP contribution in [0.25, 0.3) is 0 Å². The third kappa shape index (κ3) is 4.57. The molecule has 0 bridgehead atoms. The van der Waals surface area contributed by atoms with E-state index in [1.54, 1.807) is 12.1 Å². The van der Waals surface area contributed by atoms with Gasteiger partial charge in [-0.3, -0.25) is 0 Å². The summed E-state index contributed by atoms with van der Waals surface area (Å²) in [7, 11) is 0. The Kier molecular flexibility index (Phi) is 5.04. The molecule has 3 nitrogen and oxygen atoms in total. The third-order valence-corrected chi connectivity index (χ3v) is 4.75. The van der Waals surface area contributed by atoms with Crippen molar-refractivity contribution in [1.82, 2.24) is 5.32 Å². The Hall–Kier alpha value is -1.35. The number of carboxylic acid groups (broad SMARTS) is 1. The predicted molar refractivity (Wildman–Crippen MR) is 85.4 cm³/mol. The Labute approximate surface area is 127 Å². The van der Waals surface area contributed by atoms with E-state index in [4.69, 9.17) is 5.11 Å². The van der Waals surface area contributed by atoms with Crippen molar-refractivity contribution in [2.75, 3.05) is 0 Å². The largest absolute Gasteiger partial charge is 0.478 e. The topological polar surface area (TPSA) is 49.3 Å². The van der Waals surface area contributed by atoms with Crippen LogP contribution in [-0.2, 0) is 6.54 Å². The van der Waals surface area contributed by atoms with E-state index >= 15 is 0 Å². The van der Waals surface area contributed by atoms with Gasteiger partial charge in [0.25, 0.3) is 0 Å². The number of nitrogens with one attached hydrogen (secondary N) is 1. The zero-order valence-electron chi connectivity index (χ0n) is 13.4. The third-order valence-electron chi connectivity index (χ3n) is 4.75. The minimum atomic E-state index is -0.866. The Morgan fingerprint density at radius 3 is 2.19 bits per heavy atom. The number of carbonyl (C=O) groups is 1. The lowest BCUT2D eigenvalue weighted by Crippen LogP contribution is -2.35. The van der Waals surface area contributed by atoms with Gasteiger partial charge in [-0.25, -0.2) is 4.79 Å². The number of aromatic carboxylic acids is 1. The van der Waals surface area contributed by atoms with E-state index in [1.165, 1.54) is 25.7 Å². The summed E-state index contributed by atoms with van der Waals surface area (Å²) in [6, 6.07) is 7.75. The Morgan fingerprint density at radius 1 is 1.14 bits per heavy atom. The minimum absolute atomic E-state index is 0.351. The first-order valence-electron chi connectivity index (χ1n) is 7.92. The van der Waals surface area contributed by atoms with E-state index in [2.05, 4.69) is 26.1 Å². The summed E-state index contributed by atoms with van der Waals surface area (Å²) in [4.78, 5) is 10.8. The Morgan fingerprint density at radius 2 is 1.71 bits per heavy atom. The highest BCUT2D eigenvalue weighted by Crippen LogP contribution is 2.37. The van der Waals surface area contributed by atoms with Crippen LogP contribution in [0.5, 0.6) is 0 Å². The van der Waals surface area contributed by atoms with Crippen molar-refractivity contribution in [1.29, 1.82) is 0 Å². The molecule has 1 aromatic carbocycles. The molecular weight excluding hydrogens is 262 g/mol. The number of hydrogen-bond acceptors (Lipinski definition) is 2. The molecule has 0 atom stereocenters. The predicted octanol–water partition coefficient (Wildman–Crippen LogP) is 4.08. The van der Waals surface area contributed by atoms with E-state index in [9.17, 15) is 4.79 Å². The molecule has 1 saturated carbocycles. The second-order valence-electron chi connectivity index (χ2n) is 7.30. The van der Waals surface area contributed by atoms with Gasteiger partial charge in [-0.05, 0) is 54.7 Å². The smallest absolute Gasteiger partial charge is 0.335 e. The molecule has 1 aliphatic carbocycles. The molecular formula is C18H27NO2. The molecule has 0 amide bonds. The monoisotopic (exact) mass is 289 g/mol. The molecule has 0 saturated heterocycles. The number of rotatable bonds is 4. The average molecular weight is 289 g/mol. The Bertz CT molecular complexity index is 465. The Balaban J connectivity index is 1.78. The van der Waals surface area contributed by atoms with Gasteiger partial charge in [-0.15, -0.1) is 0 Å². The van der Waals surface area contributed by atoms with Crippen molar-refractivity contribution in [2.24, 2.45) is 11.3 Å². The molecule has 0 spiro atoms. The lowest BCUT2D eigenvalue weighted by molar-refractivity contribution is 0.0697. The van der Waals surface area contributed by atoms with Gasteiger partial charge < -0.3 is 10.4 Å². The second-order valence-corrected chi connectivity index (χ2v) is 7.30. The number of hydrogen-bond donors (Lipinski definition) is 2. The lowest BCUT2D eigenvalue weighted by atomic mass is 9.71. The van der Waals surface area contributed by atoms with Crippen LogP contribution in [-0.4, -0.2) is 17.1 Å². The van der Waals surface area contributed by atoms with Crippen LogP contribution in [0, 0.1) is 11.3 Å². The van der Waals surface area contributed by atoms with Gasteiger partial charge in [-0.2, -0.15) is 0 Å². The van der Waals surface area contributed by atoms with Crippen molar-refractivity contribution in [3.63, 3.8) is 0 Å². The molecule has 1 aliphatic rings. The molecule has 1 aromatic rings. The highest BCUT2D eigenvalue weighted by atomic mass is 16.4. The molecule has 0 heterocycles. The molecule has 2 N–H and O–H groups in total. The van der Waals surface area contributed by atoms with Gasteiger partial charge in [0.1, 0.15) is 0 Å². The normalized spacial score (nSPS) is 23.0. The summed E-state index contributed by atoms with van der Waals surface area (Å²) in [6.45, 7) is 7.85. The van der Waals surface area contributed by atoms with Crippen LogP contribution in [0.15, 0.2) is 24.3 Å². The van der Waals surface area contributed by atoms with Crippen LogP contribution in [0.4, 0.5) is 0 Å². The maximum absolute atomic E-state index is 10.8. The van der Waals surface area contributed by atoms with Crippen LogP contribution < -0.4 is 5.32 Å². The van der Waals surface area contributed by atoms with Crippen LogP contribution >= 0.6 is 0 Å². The SMILES string of the molecule is CC(C)(C)C1CCC(NCc2ccc(C(=O)O)cc2)CC1. The van der Waals surface area contributed by atoms with E-state index in [1.807, 2.05) is 12.1 Å². The molecule has 0 radical (unpaired) electrons. The fraction of sp³-hybridized carbons (Fsp3) is 0.611. The molecule has 0 unspecified atom stereocenters. The van der Waals surface area contributed by atoms with Gasteiger partial charge >= 0.3 is 5.97 Å². The van der Waals surface area contributed by atoms with Crippen LogP contribution in [0.1, 0.15) is 62.4 Å². The molecule has 0 aliphatic heterocycles. The average Bonchev–Trinajstić information content (AvgIpc) is 2.45. The van der Waals surface area contributed by atoms with Crippen LogP contribution in [0.3, 0.4) is 0 Å². The van der Waals surface area contributed by atoms with E-state index in [0.717, 1.165) is 18.0 Å². The molecule has 0 aromatic heterocycles. The first-order valence-corrected chi connectivity index (χ1v) is 7.92. The second kappa shape index (κ2) is 6.61. The van der Waals surface area contributed by atoms with Crippen molar-refractivity contribution in [3.8, 4) is 0 Å². The van der Waals surface area contributed by atoms with Gasteiger partial charge in [0.15, 0.2) is 0 Å². The quantitative estimate of drug-likeness (QED) is 0.878. The summed E-state index contributed by atoms with van der Waals surface area (Å²) in [6.07, 6.45) is 5.10. The summed E-state index contributed by atoms with van der Waals surface area (Å²) in [5.41, 5.74) is 1.93. The van der Waals surface area contributed by atoms with E-state index in [-0.39, 0.29) is 0 Å². The lowest BCUT2D eigenvalue weighted by Gasteiger charge is -2.37. The highest BCUT2D eigenvalue weighted by Gasteiger charge is 2.29. The molecule has 116 valence electrons. The standard InChI is InChI=1S/C18H27NO2/c1-18(2,3)15-8-10-16(11-9-15)19-12-13-4-6-14(7-5-13)17(20)21/h4-7,15-16,19H,8-12H2,1-3H3,(H,20,21). The highest BCUT2D eigenvalue weighted by molar-refractivity contribution is 5.87. The fourth-order valence-corrected chi connectivity index (χ4v) is 3.19.